The molecule has 5 N–H and O–H groups in total. The molecule has 1 aromatic heterocycles. The highest BCUT2D eigenvalue weighted by Crippen LogP contribution is 2.66. The number of nitrogens with one attached hydrogen (secondary N) is 1. The van der Waals surface area contributed by atoms with Crippen molar-refractivity contribution in [2.75, 3.05) is 6.61 Å². The third-order valence-electron chi connectivity index (χ3n) is 3.09. The van der Waals surface area contributed by atoms with Gasteiger partial charge in [0.25, 0.3) is 5.56 Å². The Balaban J connectivity index is 1.92. The number of phosphoric acid groups is 2. The number of hydrogen-bond donors (Lipinski definition) is 5. The molecule has 0 radical (unpaired) electrons. The molecular formula is C9H15N2O12P3S. The summed E-state index contributed by atoms with van der Waals surface area (Å²) >= 11 is 4.48. The van der Waals surface area contributed by atoms with Crippen LogP contribution in [0.1, 0.15) is 19.1 Å². The van der Waals surface area contributed by atoms with Crippen LogP contribution in [-0.4, -0.2) is 41.8 Å². The number of nitrogens with zero attached hydrogens (tertiary/aromatic N) is 1. The summed E-state index contributed by atoms with van der Waals surface area (Å²) in [6, 6.07) is 1.13. The van der Waals surface area contributed by atoms with Crippen molar-refractivity contribution >= 4 is 34.2 Å². The summed E-state index contributed by atoms with van der Waals surface area (Å²) in [6.07, 6.45) is 0.543. The van der Waals surface area contributed by atoms with Crippen LogP contribution in [0.15, 0.2) is 21.9 Å². The van der Waals surface area contributed by atoms with Gasteiger partial charge in [-0.05, 0) is 24.6 Å². The molecule has 0 spiro atoms. The fourth-order valence-electron chi connectivity index (χ4n) is 2.15. The van der Waals surface area contributed by atoms with Crippen LogP contribution >= 0.6 is 22.4 Å². The number of hydrogen-bond acceptors (Lipinski definition) is 9. The fraction of sp³-hybridized carbons (Fsp3) is 0.556. The fourth-order valence-corrected chi connectivity index (χ4v) is 6.14. The predicted molar refractivity (Wildman–Crippen MR) is 91.0 cm³/mol. The van der Waals surface area contributed by atoms with Crippen LogP contribution in [0.3, 0.4) is 0 Å². The third kappa shape index (κ3) is 7.42. The topological polar surface area (TPSA) is 207 Å². The molecule has 18 heteroatoms. The van der Waals surface area contributed by atoms with Gasteiger partial charge in [-0.1, -0.05) is 0 Å². The van der Waals surface area contributed by atoms with E-state index in [9.17, 15) is 23.6 Å². The Kier molecular flexibility index (Phi) is 7.13. The van der Waals surface area contributed by atoms with Crippen LogP contribution in [0.5, 0.6) is 0 Å². The van der Waals surface area contributed by atoms with E-state index in [0.717, 1.165) is 10.6 Å². The van der Waals surface area contributed by atoms with Gasteiger partial charge in [0.15, 0.2) is 0 Å². The largest absolute Gasteiger partial charge is 0.488 e. The van der Waals surface area contributed by atoms with E-state index < -0.39 is 52.6 Å². The first-order valence-electron chi connectivity index (χ1n) is 7.02. The number of ether oxygens (including phenoxy) is 1. The summed E-state index contributed by atoms with van der Waals surface area (Å²) < 4.78 is 41.0. The molecule has 1 saturated heterocycles. The van der Waals surface area contributed by atoms with Crippen molar-refractivity contribution in [1.29, 1.82) is 0 Å². The minimum absolute atomic E-state index is 0.349. The quantitative estimate of drug-likeness (QED) is 0.310. The predicted octanol–water partition coefficient (Wildman–Crippen LogP) is -0.326. The Hall–Kier alpha value is -0.530. The van der Waals surface area contributed by atoms with Gasteiger partial charge in [-0.2, -0.15) is 4.31 Å². The molecule has 0 bridgehead atoms. The Labute approximate surface area is 155 Å². The normalized spacial score (nSPS) is 25.0. The summed E-state index contributed by atoms with van der Waals surface area (Å²) in [7, 11) is -10.8. The highest BCUT2D eigenvalue weighted by Gasteiger charge is 2.39. The van der Waals surface area contributed by atoms with E-state index in [2.05, 4.69) is 25.4 Å². The number of aromatic amines is 1. The van der Waals surface area contributed by atoms with E-state index in [1.165, 1.54) is 6.20 Å². The van der Waals surface area contributed by atoms with Crippen LogP contribution in [0.25, 0.3) is 0 Å². The molecule has 2 heterocycles. The molecule has 1 fully saturated rings. The van der Waals surface area contributed by atoms with E-state index in [-0.39, 0.29) is 0 Å². The maximum Gasteiger partial charge on any atom is 0.488 e. The van der Waals surface area contributed by atoms with Crippen LogP contribution in [-0.2, 0) is 38.8 Å². The first kappa shape index (κ1) is 22.8. The maximum atomic E-state index is 11.7. The molecule has 0 saturated carbocycles. The minimum atomic E-state index is -5.38. The van der Waals surface area contributed by atoms with E-state index in [4.69, 9.17) is 23.9 Å². The zero-order valence-electron chi connectivity index (χ0n) is 13.2. The van der Waals surface area contributed by atoms with Gasteiger partial charge in [0.2, 0.25) is 0 Å². The van der Waals surface area contributed by atoms with Crippen LogP contribution in [0, 0.1) is 0 Å². The molecule has 2 rings (SSSR count). The van der Waals surface area contributed by atoms with Crippen LogP contribution < -0.4 is 11.2 Å². The second kappa shape index (κ2) is 8.46. The maximum absolute atomic E-state index is 11.7. The summed E-state index contributed by atoms with van der Waals surface area (Å²) in [6.45, 7) is -4.81. The van der Waals surface area contributed by atoms with Gasteiger partial charge >= 0.3 is 28.1 Å². The lowest BCUT2D eigenvalue weighted by molar-refractivity contribution is -0.0218. The minimum Gasteiger partial charge on any atom is -0.352 e. The van der Waals surface area contributed by atoms with Gasteiger partial charge in [0.1, 0.15) is 6.23 Å². The molecule has 4 unspecified atom stereocenters. The molecule has 14 nitrogen and oxygen atoms in total. The molecule has 1 aromatic rings. The second-order valence-corrected chi connectivity index (χ2v) is 11.0. The molecule has 0 aliphatic carbocycles. The standard InChI is InChI=1S/C9H15N2O12P3S/c12-7-3-4-11(9(13)10-7)8-2-1-6(21-8)5-20-26(19,27)23-25(17,18)22-24(14,15)16/h3-4,6,8H,1-2,5H2,(H,17,18)(H,19,27)(H,10,12,13)(H2,14,15,16). The van der Waals surface area contributed by atoms with E-state index in [1.54, 1.807) is 0 Å². The Morgan fingerprint density at radius 3 is 2.48 bits per heavy atom. The first-order valence-corrected chi connectivity index (χ1v) is 12.6. The van der Waals surface area contributed by atoms with Gasteiger partial charge in [0.05, 0.1) is 12.7 Å². The van der Waals surface area contributed by atoms with Crippen molar-refractivity contribution in [2.24, 2.45) is 0 Å². The lowest BCUT2D eigenvalue weighted by atomic mass is 10.2. The third-order valence-corrected chi connectivity index (χ3v) is 7.80. The highest BCUT2D eigenvalue weighted by atomic mass is 32.5. The van der Waals surface area contributed by atoms with E-state index in [1.807, 2.05) is 0 Å². The monoisotopic (exact) mass is 468 g/mol. The van der Waals surface area contributed by atoms with Crippen molar-refractivity contribution in [3.05, 3.63) is 33.1 Å². The summed E-state index contributed by atoms with van der Waals surface area (Å²) in [5.74, 6) is 0. The number of H-pyrrole nitrogens is 1. The SMILES string of the molecule is O=c1ccn(C2CCC(COP(O)(=S)OP(=O)(O)OP(=O)(O)O)O2)c(=O)[nH]1. The molecule has 154 valence electrons. The second-order valence-electron chi connectivity index (χ2n) is 5.19. The summed E-state index contributed by atoms with van der Waals surface area (Å²) in [5.41, 5.74) is -1.25. The van der Waals surface area contributed by atoms with Gasteiger partial charge in [0, 0.05) is 12.3 Å². The van der Waals surface area contributed by atoms with Crippen molar-refractivity contribution in [3.8, 4) is 0 Å². The molecule has 4 atom stereocenters. The number of aromatic nitrogens is 2. The molecular weight excluding hydrogens is 453 g/mol. The Morgan fingerprint density at radius 2 is 1.89 bits per heavy atom. The Bertz CT molecular complexity index is 939. The van der Waals surface area contributed by atoms with E-state index >= 15 is 0 Å². The number of rotatable bonds is 8. The van der Waals surface area contributed by atoms with Gasteiger partial charge in [-0.15, -0.1) is 0 Å². The van der Waals surface area contributed by atoms with Crippen molar-refractivity contribution in [1.82, 2.24) is 9.55 Å². The zero-order valence-corrected chi connectivity index (χ0v) is 16.7. The van der Waals surface area contributed by atoms with Crippen molar-refractivity contribution in [3.63, 3.8) is 0 Å². The lowest BCUT2D eigenvalue weighted by Crippen LogP contribution is -2.31. The zero-order chi connectivity index (χ0) is 20.5. The smallest absolute Gasteiger partial charge is 0.352 e. The summed E-state index contributed by atoms with van der Waals surface area (Å²) in [5, 5.41) is 0. The van der Waals surface area contributed by atoms with E-state index in [0.29, 0.717) is 12.8 Å². The van der Waals surface area contributed by atoms with Gasteiger partial charge in [-0.3, -0.25) is 14.3 Å². The van der Waals surface area contributed by atoms with Gasteiger partial charge in [-0.25, -0.2) is 18.2 Å². The van der Waals surface area contributed by atoms with Crippen molar-refractivity contribution in [2.45, 2.75) is 25.2 Å². The highest BCUT2D eigenvalue weighted by molar-refractivity contribution is 8.08. The average Bonchev–Trinajstić information content (AvgIpc) is 2.90. The molecule has 0 amide bonds. The first-order chi connectivity index (χ1) is 12.3. The molecule has 1 aliphatic heterocycles. The summed E-state index contributed by atoms with van der Waals surface area (Å²) in [4.78, 5) is 60.7. The van der Waals surface area contributed by atoms with Crippen LogP contribution in [0.4, 0.5) is 0 Å². The average molecular weight is 468 g/mol. The molecule has 1 aliphatic rings. The van der Waals surface area contributed by atoms with Crippen LogP contribution in [0.2, 0.25) is 0 Å². The van der Waals surface area contributed by atoms with Gasteiger partial charge < -0.3 is 28.8 Å². The Morgan fingerprint density at radius 1 is 1.22 bits per heavy atom. The molecule has 0 aromatic carbocycles. The molecule has 27 heavy (non-hydrogen) atoms. The van der Waals surface area contributed by atoms with Crippen molar-refractivity contribution < 1.29 is 46.6 Å². The lowest BCUT2D eigenvalue weighted by Gasteiger charge is -2.21.